The first-order valence-electron chi connectivity index (χ1n) is 8.33. The van der Waals surface area contributed by atoms with Gasteiger partial charge in [-0.25, -0.2) is 9.78 Å². The number of urea groups is 1. The van der Waals surface area contributed by atoms with Crippen molar-refractivity contribution in [1.29, 1.82) is 0 Å². The minimum absolute atomic E-state index is 0.0160. The largest absolute Gasteiger partial charge is 0.376 e. The van der Waals surface area contributed by atoms with E-state index in [9.17, 15) is 4.79 Å². The molecule has 1 aromatic heterocycles. The molecule has 0 radical (unpaired) electrons. The predicted molar refractivity (Wildman–Crippen MR) is 90.7 cm³/mol. The third-order valence-corrected chi connectivity index (χ3v) is 5.75. The van der Waals surface area contributed by atoms with Crippen molar-refractivity contribution in [2.24, 2.45) is 0 Å². The van der Waals surface area contributed by atoms with Crippen molar-refractivity contribution in [3.05, 3.63) is 29.3 Å². The average molecular weight is 331 g/mol. The van der Waals surface area contributed by atoms with Crippen LogP contribution in [-0.4, -0.2) is 41.7 Å². The number of likely N-dealkylation sites (tertiary alicyclic amines) is 1. The number of nitrogens with zero attached hydrogens (tertiary/aromatic N) is 2. The molecule has 5 nitrogen and oxygen atoms in total. The summed E-state index contributed by atoms with van der Waals surface area (Å²) in [5.41, 5.74) is 1.03. The van der Waals surface area contributed by atoms with Crippen LogP contribution in [0.1, 0.15) is 36.7 Å². The van der Waals surface area contributed by atoms with Gasteiger partial charge in [0.05, 0.1) is 22.4 Å². The number of nitrogens with one attached hydrogen (secondary N) is 1. The highest BCUT2D eigenvalue weighted by atomic mass is 32.1. The van der Waals surface area contributed by atoms with Crippen molar-refractivity contribution in [3.8, 4) is 0 Å². The predicted octanol–water partition coefficient (Wildman–Crippen LogP) is 3.32. The lowest BCUT2D eigenvalue weighted by atomic mass is 10.2. The zero-order valence-electron chi connectivity index (χ0n) is 13.0. The van der Waals surface area contributed by atoms with Gasteiger partial charge in [0.15, 0.2) is 0 Å². The lowest BCUT2D eigenvalue weighted by Crippen LogP contribution is -2.42. The number of hydrogen-bond acceptors (Lipinski definition) is 4. The first kappa shape index (κ1) is 14.9. The van der Waals surface area contributed by atoms with Crippen LogP contribution in [0.15, 0.2) is 24.3 Å². The Morgan fingerprint density at radius 2 is 2.26 bits per heavy atom. The summed E-state index contributed by atoms with van der Waals surface area (Å²) in [7, 11) is 0. The van der Waals surface area contributed by atoms with Gasteiger partial charge >= 0.3 is 6.03 Å². The van der Waals surface area contributed by atoms with Crippen molar-refractivity contribution in [1.82, 2.24) is 15.2 Å². The molecule has 0 aliphatic carbocycles. The van der Waals surface area contributed by atoms with E-state index in [1.807, 2.05) is 23.1 Å². The first-order valence-corrected chi connectivity index (χ1v) is 9.14. The summed E-state index contributed by atoms with van der Waals surface area (Å²) < 4.78 is 6.76. The minimum atomic E-state index is 0.0160. The van der Waals surface area contributed by atoms with Crippen molar-refractivity contribution >= 4 is 27.6 Å². The molecule has 2 atom stereocenters. The van der Waals surface area contributed by atoms with E-state index in [0.717, 1.165) is 49.4 Å². The second kappa shape index (κ2) is 6.45. The van der Waals surface area contributed by atoms with E-state index < -0.39 is 0 Å². The van der Waals surface area contributed by atoms with Crippen LogP contribution >= 0.6 is 11.3 Å². The first-order chi connectivity index (χ1) is 11.3. The number of carbonyl (C=O) groups is 1. The third-order valence-electron chi connectivity index (χ3n) is 4.61. The molecule has 2 amide bonds. The van der Waals surface area contributed by atoms with Crippen LogP contribution in [0.4, 0.5) is 4.79 Å². The Hall–Kier alpha value is -1.66. The van der Waals surface area contributed by atoms with E-state index in [1.54, 1.807) is 11.3 Å². The summed E-state index contributed by atoms with van der Waals surface area (Å²) in [5, 5.41) is 4.09. The zero-order valence-corrected chi connectivity index (χ0v) is 13.8. The van der Waals surface area contributed by atoms with Gasteiger partial charge in [0.25, 0.3) is 0 Å². The molecule has 0 bridgehead atoms. The number of ether oxygens (including phenoxy) is 1. The molecule has 2 aliphatic rings. The van der Waals surface area contributed by atoms with E-state index in [1.165, 1.54) is 4.70 Å². The van der Waals surface area contributed by atoms with Gasteiger partial charge in [-0.3, -0.25) is 0 Å². The number of benzene rings is 1. The number of para-hydroxylation sites is 1. The third kappa shape index (κ3) is 3.05. The Balaban J connectivity index is 1.46. The molecule has 4 rings (SSSR count). The quantitative estimate of drug-likeness (QED) is 0.939. The molecule has 6 heteroatoms. The fourth-order valence-corrected chi connectivity index (χ4v) is 4.52. The average Bonchev–Trinajstić information content (AvgIpc) is 3.31. The second-order valence-corrected chi connectivity index (χ2v) is 7.25. The van der Waals surface area contributed by atoms with Crippen LogP contribution in [0.3, 0.4) is 0 Å². The molecule has 1 aromatic carbocycles. The number of fused-ring (bicyclic) bond motifs is 1. The van der Waals surface area contributed by atoms with Crippen LogP contribution < -0.4 is 5.32 Å². The van der Waals surface area contributed by atoms with Crippen LogP contribution in [0, 0.1) is 0 Å². The summed E-state index contributed by atoms with van der Waals surface area (Å²) in [6, 6.07) is 8.29. The van der Waals surface area contributed by atoms with Gasteiger partial charge in [-0.15, -0.1) is 11.3 Å². The molecule has 0 unspecified atom stereocenters. The Bertz CT molecular complexity index is 663. The van der Waals surface area contributed by atoms with Gasteiger partial charge in [0, 0.05) is 19.7 Å². The van der Waals surface area contributed by atoms with E-state index in [4.69, 9.17) is 9.72 Å². The lowest BCUT2D eigenvalue weighted by Gasteiger charge is -2.24. The van der Waals surface area contributed by atoms with Crippen molar-refractivity contribution in [2.75, 3.05) is 19.7 Å². The van der Waals surface area contributed by atoms with E-state index >= 15 is 0 Å². The van der Waals surface area contributed by atoms with Crippen LogP contribution in [0.2, 0.25) is 0 Å². The van der Waals surface area contributed by atoms with Crippen LogP contribution in [0.25, 0.3) is 10.2 Å². The maximum Gasteiger partial charge on any atom is 0.318 e. The zero-order chi connectivity index (χ0) is 15.6. The number of carbonyl (C=O) groups excluding carboxylic acids is 1. The smallest absolute Gasteiger partial charge is 0.318 e. The number of amides is 2. The number of thiazole rings is 1. The van der Waals surface area contributed by atoms with Gasteiger partial charge in [0.2, 0.25) is 0 Å². The Kier molecular flexibility index (Phi) is 4.18. The van der Waals surface area contributed by atoms with E-state index in [-0.39, 0.29) is 18.2 Å². The van der Waals surface area contributed by atoms with Gasteiger partial charge in [-0.05, 0) is 37.8 Å². The Labute approximate surface area is 139 Å². The van der Waals surface area contributed by atoms with Crippen molar-refractivity contribution in [2.45, 2.75) is 37.8 Å². The SMILES string of the molecule is O=C(NC[C@H]1CCCO1)N1CCC[C@H]1c1nc2ccccc2s1. The fourth-order valence-electron chi connectivity index (χ4n) is 3.41. The topological polar surface area (TPSA) is 54.5 Å². The van der Waals surface area contributed by atoms with E-state index in [2.05, 4.69) is 11.4 Å². The summed E-state index contributed by atoms with van der Waals surface area (Å²) in [6.07, 6.45) is 4.35. The number of rotatable bonds is 3. The highest BCUT2D eigenvalue weighted by molar-refractivity contribution is 7.18. The van der Waals surface area contributed by atoms with Crippen molar-refractivity contribution in [3.63, 3.8) is 0 Å². The van der Waals surface area contributed by atoms with E-state index in [0.29, 0.717) is 6.54 Å². The summed E-state index contributed by atoms with van der Waals surface area (Å²) >= 11 is 1.70. The van der Waals surface area contributed by atoms with Gasteiger partial charge in [0.1, 0.15) is 5.01 Å². The fraction of sp³-hybridized carbons (Fsp3) is 0.529. The molecule has 23 heavy (non-hydrogen) atoms. The monoisotopic (exact) mass is 331 g/mol. The standard InChI is InChI=1S/C17H21N3O2S/c21-17(18-11-12-5-4-10-22-12)20-9-3-7-14(20)16-19-13-6-1-2-8-15(13)23-16/h1-2,6,8,12,14H,3-5,7,9-11H2,(H,18,21)/t12-,14+/m1/s1. The second-order valence-electron chi connectivity index (χ2n) is 6.19. The molecular weight excluding hydrogens is 310 g/mol. The Morgan fingerprint density at radius 3 is 3.09 bits per heavy atom. The molecule has 2 saturated heterocycles. The molecule has 122 valence electrons. The molecule has 2 fully saturated rings. The summed E-state index contributed by atoms with van der Waals surface area (Å²) in [4.78, 5) is 19.2. The molecule has 2 aromatic rings. The van der Waals surface area contributed by atoms with Gasteiger partial charge in [-0.2, -0.15) is 0 Å². The van der Waals surface area contributed by atoms with Crippen LogP contribution in [0.5, 0.6) is 0 Å². The summed E-state index contributed by atoms with van der Waals surface area (Å²) in [5.74, 6) is 0. The lowest BCUT2D eigenvalue weighted by molar-refractivity contribution is 0.108. The maximum atomic E-state index is 12.5. The molecule has 1 N–H and O–H groups in total. The maximum absolute atomic E-state index is 12.5. The molecule has 3 heterocycles. The highest BCUT2D eigenvalue weighted by Crippen LogP contribution is 2.36. The molecular formula is C17H21N3O2S. The normalized spacial score (nSPS) is 24.4. The molecule has 0 saturated carbocycles. The van der Waals surface area contributed by atoms with Crippen LogP contribution in [-0.2, 0) is 4.74 Å². The van der Waals surface area contributed by atoms with Crippen molar-refractivity contribution < 1.29 is 9.53 Å². The minimum Gasteiger partial charge on any atom is -0.376 e. The molecule has 0 spiro atoms. The highest BCUT2D eigenvalue weighted by Gasteiger charge is 2.32. The number of hydrogen-bond donors (Lipinski definition) is 1. The summed E-state index contributed by atoms with van der Waals surface area (Å²) in [6.45, 7) is 2.23. The van der Waals surface area contributed by atoms with Gasteiger partial charge in [-0.1, -0.05) is 12.1 Å². The van der Waals surface area contributed by atoms with Gasteiger partial charge < -0.3 is 15.0 Å². The number of aromatic nitrogens is 1. The Morgan fingerprint density at radius 1 is 1.35 bits per heavy atom. The molecule has 2 aliphatic heterocycles.